The van der Waals surface area contributed by atoms with Crippen molar-refractivity contribution in [2.75, 3.05) is 19.6 Å². The van der Waals surface area contributed by atoms with E-state index < -0.39 is 0 Å². The molecule has 0 amide bonds. The molecule has 1 saturated heterocycles. The second-order valence-corrected chi connectivity index (χ2v) is 7.10. The third-order valence-electron chi connectivity index (χ3n) is 5.44. The van der Waals surface area contributed by atoms with Gasteiger partial charge in [-0.25, -0.2) is 4.39 Å². The predicted molar refractivity (Wildman–Crippen MR) is 102 cm³/mol. The molecule has 0 unspecified atom stereocenters. The molecular formula is C22H23FN2O. The van der Waals surface area contributed by atoms with E-state index in [0.29, 0.717) is 0 Å². The second-order valence-electron chi connectivity index (χ2n) is 7.10. The van der Waals surface area contributed by atoms with Gasteiger partial charge in [0.25, 0.3) is 0 Å². The number of carbonyl (C=O) groups excluding carboxylic acids is 1. The number of carbonyl (C=O) groups is 1. The van der Waals surface area contributed by atoms with Gasteiger partial charge >= 0.3 is 0 Å². The van der Waals surface area contributed by atoms with Gasteiger partial charge in [-0.2, -0.15) is 0 Å². The number of para-hydroxylation sites is 1. The Morgan fingerprint density at radius 3 is 2.62 bits per heavy atom. The van der Waals surface area contributed by atoms with E-state index in [1.54, 1.807) is 0 Å². The van der Waals surface area contributed by atoms with Gasteiger partial charge < -0.3 is 9.88 Å². The van der Waals surface area contributed by atoms with Crippen LogP contribution >= 0.6 is 0 Å². The van der Waals surface area contributed by atoms with Gasteiger partial charge in [-0.3, -0.25) is 4.79 Å². The Morgan fingerprint density at radius 1 is 1.08 bits per heavy atom. The summed E-state index contributed by atoms with van der Waals surface area (Å²) < 4.78 is 13.0. The summed E-state index contributed by atoms with van der Waals surface area (Å²) in [5.41, 5.74) is 2.93. The quantitative estimate of drug-likeness (QED) is 0.691. The normalized spacial score (nSPS) is 16.2. The molecule has 4 heteroatoms. The van der Waals surface area contributed by atoms with Crippen molar-refractivity contribution in [3.63, 3.8) is 0 Å². The van der Waals surface area contributed by atoms with Crippen LogP contribution in [-0.2, 0) is 6.42 Å². The van der Waals surface area contributed by atoms with E-state index in [9.17, 15) is 9.18 Å². The molecular weight excluding hydrogens is 327 g/mol. The summed E-state index contributed by atoms with van der Waals surface area (Å²) in [5.74, 6) is 0.173. The first-order valence-electron chi connectivity index (χ1n) is 9.28. The van der Waals surface area contributed by atoms with Gasteiger partial charge in [0.2, 0.25) is 0 Å². The minimum atomic E-state index is -0.190. The highest BCUT2D eigenvalue weighted by atomic mass is 19.1. The van der Waals surface area contributed by atoms with Crippen molar-refractivity contribution < 1.29 is 9.18 Å². The van der Waals surface area contributed by atoms with Gasteiger partial charge in [0, 0.05) is 29.6 Å². The zero-order chi connectivity index (χ0) is 17.9. The number of aromatic amines is 1. The molecule has 3 aromatic rings. The molecule has 1 aliphatic rings. The van der Waals surface area contributed by atoms with E-state index in [0.717, 1.165) is 60.9 Å². The highest BCUT2D eigenvalue weighted by Gasteiger charge is 2.26. The van der Waals surface area contributed by atoms with Crippen molar-refractivity contribution >= 4 is 16.7 Å². The van der Waals surface area contributed by atoms with Crippen LogP contribution in [0.5, 0.6) is 0 Å². The topological polar surface area (TPSA) is 36.1 Å². The lowest BCUT2D eigenvalue weighted by Crippen LogP contribution is -2.37. The molecule has 26 heavy (non-hydrogen) atoms. The van der Waals surface area contributed by atoms with Gasteiger partial charge in [0.05, 0.1) is 5.52 Å². The number of H-pyrrole nitrogens is 1. The highest BCUT2D eigenvalue weighted by molar-refractivity contribution is 6.07. The molecule has 1 N–H and O–H groups in total. The molecule has 0 bridgehead atoms. The number of rotatable bonds is 5. The van der Waals surface area contributed by atoms with Crippen LogP contribution in [0.3, 0.4) is 0 Å². The lowest BCUT2D eigenvalue weighted by Gasteiger charge is -2.31. The number of benzene rings is 2. The molecule has 1 aliphatic heterocycles. The van der Waals surface area contributed by atoms with E-state index in [2.05, 4.69) is 9.88 Å². The van der Waals surface area contributed by atoms with Crippen molar-refractivity contribution in [3.8, 4) is 0 Å². The molecule has 2 heterocycles. The lowest BCUT2D eigenvalue weighted by atomic mass is 9.88. The molecule has 1 aromatic heterocycles. The summed E-state index contributed by atoms with van der Waals surface area (Å²) in [6, 6.07) is 14.7. The molecule has 0 spiro atoms. The summed E-state index contributed by atoms with van der Waals surface area (Å²) in [5, 5.41) is 1.09. The number of likely N-dealkylation sites (tertiary alicyclic amines) is 1. The molecule has 3 nitrogen and oxygen atoms in total. The Morgan fingerprint density at radius 2 is 1.85 bits per heavy atom. The smallest absolute Gasteiger partial charge is 0.168 e. The molecule has 0 saturated carbocycles. The highest BCUT2D eigenvalue weighted by Crippen LogP contribution is 2.26. The zero-order valence-corrected chi connectivity index (χ0v) is 14.7. The number of hydrogen-bond acceptors (Lipinski definition) is 2. The first kappa shape index (κ1) is 17.0. The summed E-state index contributed by atoms with van der Waals surface area (Å²) >= 11 is 0. The van der Waals surface area contributed by atoms with Crippen molar-refractivity contribution in [1.29, 1.82) is 0 Å². The number of nitrogens with zero attached hydrogens (tertiary/aromatic N) is 1. The van der Waals surface area contributed by atoms with Crippen LogP contribution in [0.25, 0.3) is 10.9 Å². The summed E-state index contributed by atoms with van der Waals surface area (Å²) in [4.78, 5) is 18.6. The maximum absolute atomic E-state index is 13.0. The first-order chi connectivity index (χ1) is 12.7. The predicted octanol–water partition coefficient (Wildman–Crippen LogP) is 4.44. The second kappa shape index (κ2) is 7.42. The van der Waals surface area contributed by atoms with Crippen molar-refractivity contribution in [2.45, 2.75) is 19.3 Å². The maximum atomic E-state index is 13.0. The Balaban J connectivity index is 1.34. The van der Waals surface area contributed by atoms with Crippen molar-refractivity contribution in [1.82, 2.24) is 9.88 Å². The Hall–Kier alpha value is -2.46. The maximum Gasteiger partial charge on any atom is 0.168 e. The van der Waals surface area contributed by atoms with E-state index in [1.165, 1.54) is 12.1 Å². The van der Waals surface area contributed by atoms with E-state index in [1.807, 2.05) is 42.6 Å². The summed E-state index contributed by atoms with van der Waals surface area (Å²) in [7, 11) is 0. The lowest BCUT2D eigenvalue weighted by molar-refractivity contribution is 0.0842. The number of piperidine rings is 1. The number of fused-ring (bicyclic) bond motifs is 1. The Bertz CT molecular complexity index is 892. The third-order valence-corrected chi connectivity index (χ3v) is 5.44. The van der Waals surface area contributed by atoms with Crippen LogP contribution in [0.15, 0.2) is 54.7 Å². The van der Waals surface area contributed by atoms with E-state index in [-0.39, 0.29) is 17.5 Å². The largest absolute Gasteiger partial charge is 0.361 e. The monoisotopic (exact) mass is 350 g/mol. The van der Waals surface area contributed by atoms with Gasteiger partial charge in [-0.05, 0) is 62.2 Å². The minimum Gasteiger partial charge on any atom is -0.361 e. The number of nitrogens with one attached hydrogen (secondary N) is 1. The standard InChI is InChI=1S/C22H23FN2O/c23-19-6-4-16(5-7-19)9-13-25-14-10-18(11-15-25)22(26)20-3-1-2-17-8-12-24-21(17)20/h1-8,12,18,24H,9-11,13-15H2. The molecule has 0 aliphatic carbocycles. The number of halogens is 1. The SMILES string of the molecule is O=C(c1cccc2cc[nH]c12)C1CCN(CCc2ccc(F)cc2)CC1. The van der Waals surface area contributed by atoms with E-state index in [4.69, 9.17) is 0 Å². The average Bonchev–Trinajstić information content (AvgIpc) is 3.16. The molecule has 0 atom stereocenters. The third kappa shape index (κ3) is 3.56. The minimum absolute atomic E-state index is 0.103. The van der Waals surface area contributed by atoms with Crippen LogP contribution in [0.1, 0.15) is 28.8 Å². The average molecular weight is 350 g/mol. The number of hydrogen-bond donors (Lipinski definition) is 1. The van der Waals surface area contributed by atoms with E-state index >= 15 is 0 Å². The summed E-state index contributed by atoms with van der Waals surface area (Å²) in [6.07, 6.45) is 4.61. The van der Waals surface area contributed by atoms with Gasteiger partial charge in [-0.1, -0.05) is 24.3 Å². The van der Waals surface area contributed by atoms with Gasteiger partial charge in [0.15, 0.2) is 5.78 Å². The molecule has 0 radical (unpaired) electrons. The number of ketones is 1. The van der Waals surface area contributed by atoms with Crippen molar-refractivity contribution in [2.24, 2.45) is 5.92 Å². The van der Waals surface area contributed by atoms with Crippen LogP contribution in [0.2, 0.25) is 0 Å². The van der Waals surface area contributed by atoms with Gasteiger partial charge in [0.1, 0.15) is 5.82 Å². The van der Waals surface area contributed by atoms with Crippen LogP contribution in [0, 0.1) is 11.7 Å². The summed E-state index contributed by atoms with van der Waals surface area (Å²) in [6.45, 7) is 2.84. The molecule has 2 aromatic carbocycles. The Labute approximate surface area is 152 Å². The molecule has 1 fully saturated rings. The van der Waals surface area contributed by atoms with Crippen LogP contribution < -0.4 is 0 Å². The Kier molecular flexibility index (Phi) is 4.85. The molecule has 134 valence electrons. The number of aromatic nitrogens is 1. The fourth-order valence-corrected chi connectivity index (χ4v) is 3.87. The zero-order valence-electron chi connectivity index (χ0n) is 14.7. The van der Waals surface area contributed by atoms with Crippen LogP contribution in [-0.4, -0.2) is 35.3 Å². The fourth-order valence-electron chi connectivity index (χ4n) is 3.87. The van der Waals surface area contributed by atoms with Crippen LogP contribution in [0.4, 0.5) is 4.39 Å². The van der Waals surface area contributed by atoms with Crippen molar-refractivity contribution in [3.05, 3.63) is 71.7 Å². The molecule has 4 rings (SSSR count). The fraction of sp³-hybridized carbons (Fsp3) is 0.318. The van der Waals surface area contributed by atoms with Gasteiger partial charge in [-0.15, -0.1) is 0 Å². The number of Topliss-reactive ketones (excluding diaryl/α,β-unsaturated/α-hetero) is 1. The first-order valence-corrected chi connectivity index (χ1v) is 9.28.